The van der Waals surface area contributed by atoms with Crippen LogP contribution in [0.5, 0.6) is 5.88 Å². The summed E-state index contributed by atoms with van der Waals surface area (Å²) in [5.41, 5.74) is 0.954. The van der Waals surface area contributed by atoms with Crippen LogP contribution in [0.25, 0.3) is 10.2 Å². The van der Waals surface area contributed by atoms with Gasteiger partial charge in [0, 0.05) is 6.54 Å². The Morgan fingerprint density at radius 2 is 2.27 bits per heavy atom. The molecule has 2 aromatic heterocycles. The first-order valence-electron chi connectivity index (χ1n) is 4.73. The lowest BCUT2D eigenvalue weighted by atomic mass is 10.5. The van der Waals surface area contributed by atoms with Gasteiger partial charge in [-0.15, -0.1) is 11.3 Å². The Balaban J connectivity index is 2.10. The van der Waals surface area contributed by atoms with Crippen molar-refractivity contribution in [3.8, 4) is 5.88 Å². The van der Waals surface area contributed by atoms with E-state index in [1.54, 1.807) is 17.7 Å². The molecule has 0 N–H and O–H groups in total. The normalized spacial score (nSPS) is 11.1. The first-order chi connectivity index (χ1) is 7.27. The van der Waals surface area contributed by atoms with Gasteiger partial charge in [-0.25, -0.2) is 9.97 Å². The Morgan fingerprint density at radius 1 is 1.40 bits per heavy atom. The summed E-state index contributed by atoms with van der Waals surface area (Å²) in [5.74, 6) is 0.692. The number of aromatic nitrogens is 2. The Hall–Kier alpha value is -1.20. The first-order valence-corrected chi connectivity index (χ1v) is 5.61. The lowest BCUT2D eigenvalue weighted by Gasteiger charge is -2.10. The highest BCUT2D eigenvalue weighted by Crippen LogP contribution is 2.26. The predicted octanol–water partition coefficient (Wildman–Crippen LogP) is 1.63. The maximum Gasteiger partial charge on any atom is 0.234 e. The number of rotatable bonds is 4. The van der Waals surface area contributed by atoms with Crippen molar-refractivity contribution in [1.29, 1.82) is 0 Å². The van der Waals surface area contributed by atoms with Crippen LogP contribution in [0.15, 0.2) is 17.8 Å². The fourth-order valence-electron chi connectivity index (χ4n) is 1.19. The summed E-state index contributed by atoms with van der Waals surface area (Å²) < 4.78 is 6.63. The maximum atomic E-state index is 5.61. The van der Waals surface area contributed by atoms with Crippen LogP contribution in [-0.4, -0.2) is 42.1 Å². The van der Waals surface area contributed by atoms with Crippen LogP contribution in [0.2, 0.25) is 0 Å². The van der Waals surface area contributed by atoms with Gasteiger partial charge in [0.05, 0.1) is 5.52 Å². The molecule has 0 aromatic carbocycles. The molecule has 0 unspecified atom stereocenters. The molecular weight excluding hydrogens is 210 g/mol. The number of likely N-dealkylation sites (N-methyl/N-ethyl adjacent to an activating group) is 1. The molecule has 2 aromatic rings. The van der Waals surface area contributed by atoms with E-state index in [2.05, 4.69) is 14.9 Å². The molecule has 2 heterocycles. The van der Waals surface area contributed by atoms with E-state index in [4.69, 9.17) is 4.74 Å². The molecular formula is C10H13N3OS. The van der Waals surface area contributed by atoms with Crippen molar-refractivity contribution in [2.24, 2.45) is 0 Å². The summed E-state index contributed by atoms with van der Waals surface area (Å²) in [7, 11) is 4.04. The molecule has 0 aliphatic carbocycles. The molecule has 0 saturated carbocycles. The topological polar surface area (TPSA) is 38.2 Å². The third-order valence-corrected chi connectivity index (χ3v) is 2.88. The molecule has 0 bridgehead atoms. The zero-order chi connectivity index (χ0) is 10.7. The van der Waals surface area contributed by atoms with E-state index in [-0.39, 0.29) is 0 Å². The van der Waals surface area contributed by atoms with Gasteiger partial charge in [-0.2, -0.15) is 0 Å². The molecule has 0 amide bonds. The molecule has 15 heavy (non-hydrogen) atoms. The smallest absolute Gasteiger partial charge is 0.234 e. The Labute approximate surface area is 92.5 Å². The van der Waals surface area contributed by atoms with E-state index >= 15 is 0 Å². The van der Waals surface area contributed by atoms with Gasteiger partial charge in [0.2, 0.25) is 5.88 Å². The molecule has 2 rings (SSSR count). The maximum absolute atomic E-state index is 5.61. The monoisotopic (exact) mass is 223 g/mol. The van der Waals surface area contributed by atoms with E-state index in [0.29, 0.717) is 12.5 Å². The summed E-state index contributed by atoms with van der Waals surface area (Å²) in [6.45, 7) is 1.54. The third kappa shape index (κ3) is 2.43. The Kier molecular flexibility index (Phi) is 3.13. The van der Waals surface area contributed by atoms with Crippen molar-refractivity contribution in [1.82, 2.24) is 14.9 Å². The molecule has 4 nitrogen and oxygen atoms in total. The van der Waals surface area contributed by atoms with E-state index in [0.717, 1.165) is 16.8 Å². The highest BCUT2D eigenvalue weighted by Gasteiger charge is 2.05. The molecule has 0 aliphatic rings. The molecule has 5 heteroatoms. The second-order valence-electron chi connectivity index (χ2n) is 3.47. The van der Waals surface area contributed by atoms with Crippen molar-refractivity contribution in [3.63, 3.8) is 0 Å². The van der Waals surface area contributed by atoms with Crippen molar-refractivity contribution in [2.45, 2.75) is 0 Å². The van der Waals surface area contributed by atoms with Crippen molar-refractivity contribution >= 4 is 21.6 Å². The number of thiophene rings is 1. The van der Waals surface area contributed by atoms with Crippen LogP contribution in [-0.2, 0) is 0 Å². The number of fused-ring (bicyclic) bond motifs is 1. The minimum absolute atomic E-state index is 0.650. The molecule has 0 atom stereocenters. The van der Waals surface area contributed by atoms with Gasteiger partial charge in [0.15, 0.2) is 0 Å². The summed E-state index contributed by atoms with van der Waals surface area (Å²) >= 11 is 1.61. The van der Waals surface area contributed by atoms with Crippen LogP contribution >= 0.6 is 11.3 Å². The standard InChI is InChI=1S/C10H13N3OS/c1-13(2)4-5-14-10-9-8(3-6-15-9)11-7-12-10/h3,6-7H,4-5H2,1-2H3. The number of nitrogens with zero attached hydrogens (tertiary/aromatic N) is 3. The van der Waals surface area contributed by atoms with Crippen LogP contribution in [0, 0.1) is 0 Å². The number of hydrogen-bond donors (Lipinski definition) is 0. The van der Waals surface area contributed by atoms with Gasteiger partial charge in [-0.05, 0) is 25.5 Å². The lowest BCUT2D eigenvalue weighted by Crippen LogP contribution is -2.19. The quantitative estimate of drug-likeness (QED) is 0.789. The number of hydrogen-bond acceptors (Lipinski definition) is 5. The largest absolute Gasteiger partial charge is 0.475 e. The van der Waals surface area contributed by atoms with Gasteiger partial charge in [0.1, 0.15) is 17.6 Å². The molecule has 0 fully saturated rings. The van der Waals surface area contributed by atoms with E-state index in [1.165, 1.54) is 0 Å². The van der Waals surface area contributed by atoms with Crippen LogP contribution in [0.1, 0.15) is 0 Å². The fraction of sp³-hybridized carbons (Fsp3) is 0.400. The second kappa shape index (κ2) is 4.55. The highest BCUT2D eigenvalue weighted by atomic mass is 32.1. The van der Waals surface area contributed by atoms with Crippen molar-refractivity contribution < 1.29 is 4.74 Å². The SMILES string of the molecule is CN(C)CCOc1ncnc2ccsc12. The van der Waals surface area contributed by atoms with Gasteiger partial charge >= 0.3 is 0 Å². The second-order valence-corrected chi connectivity index (χ2v) is 4.38. The van der Waals surface area contributed by atoms with Crippen LogP contribution in [0.4, 0.5) is 0 Å². The van der Waals surface area contributed by atoms with Crippen LogP contribution in [0.3, 0.4) is 0 Å². The number of ether oxygens (including phenoxy) is 1. The van der Waals surface area contributed by atoms with Crippen molar-refractivity contribution in [2.75, 3.05) is 27.2 Å². The third-order valence-electron chi connectivity index (χ3n) is 1.99. The summed E-state index contributed by atoms with van der Waals surface area (Å²) in [4.78, 5) is 10.4. The van der Waals surface area contributed by atoms with E-state index < -0.39 is 0 Å². The zero-order valence-electron chi connectivity index (χ0n) is 8.80. The Morgan fingerprint density at radius 3 is 3.07 bits per heavy atom. The van der Waals surface area contributed by atoms with E-state index in [9.17, 15) is 0 Å². The Bertz CT molecular complexity index is 441. The summed E-state index contributed by atoms with van der Waals surface area (Å²) in [6.07, 6.45) is 1.54. The van der Waals surface area contributed by atoms with Crippen LogP contribution < -0.4 is 4.74 Å². The highest BCUT2D eigenvalue weighted by molar-refractivity contribution is 7.17. The predicted molar refractivity (Wildman–Crippen MR) is 61.5 cm³/mol. The van der Waals surface area contributed by atoms with Gasteiger partial charge < -0.3 is 9.64 Å². The summed E-state index contributed by atoms with van der Waals surface area (Å²) in [6, 6.07) is 1.97. The molecule has 0 aliphatic heterocycles. The average molecular weight is 223 g/mol. The molecule has 0 radical (unpaired) electrons. The molecule has 0 spiro atoms. The van der Waals surface area contributed by atoms with Gasteiger partial charge in [-0.3, -0.25) is 0 Å². The van der Waals surface area contributed by atoms with E-state index in [1.807, 2.05) is 25.5 Å². The minimum Gasteiger partial charge on any atom is -0.475 e. The van der Waals surface area contributed by atoms with Gasteiger partial charge in [0.25, 0.3) is 0 Å². The lowest BCUT2D eigenvalue weighted by molar-refractivity contribution is 0.256. The average Bonchev–Trinajstić information content (AvgIpc) is 2.65. The zero-order valence-corrected chi connectivity index (χ0v) is 9.62. The minimum atomic E-state index is 0.650. The summed E-state index contributed by atoms with van der Waals surface area (Å²) in [5, 5.41) is 2.00. The van der Waals surface area contributed by atoms with Gasteiger partial charge in [-0.1, -0.05) is 0 Å². The molecule has 0 saturated heterocycles. The molecule has 80 valence electrons. The first kappa shape index (κ1) is 10.3. The fourth-order valence-corrected chi connectivity index (χ4v) is 1.98. The van der Waals surface area contributed by atoms with Crippen molar-refractivity contribution in [3.05, 3.63) is 17.8 Å².